The molecule has 0 aromatic heterocycles. The number of unbranched alkanes of at least 4 members (excludes halogenated alkanes) is 4. The lowest BCUT2D eigenvalue weighted by Crippen LogP contribution is -2.64. The van der Waals surface area contributed by atoms with Crippen LogP contribution in [0.2, 0.25) is 0 Å². The third-order valence-electron chi connectivity index (χ3n) is 15.5. The highest BCUT2D eigenvalue weighted by Gasteiger charge is 2.48. The fourth-order valence-electron chi connectivity index (χ4n) is 10.4. The molecule has 94 heavy (non-hydrogen) atoms. The van der Waals surface area contributed by atoms with Gasteiger partial charge in [-0.25, -0.2) is 0 Å². The first-order valence-electron chi connectivity index (χ1n) is 32.1. The van der Waals surface area contributed by atoms with Gasteiger partial charge in [0.15, 0.2) is 18.9 Å². The minimum Gasteiger partial charge on any atom is -0.394 e. The van der Waals surface area contributed by atoms with E-state index in [1.165, 1.54) is 20.8 Å². The van der Waals surface area contributed by atoms with Gasteiger partial charge in [0.25, 0.3) is 0 Å². The second-order valence-corrected chi connectivity index (χ2v) is 25.4. The van der Waals surface area contributed by atoms with Crippen molar-refractivity contribution in [2.75, 3.05) is 98.7 Å². The largest absolute Gasteiger partial charge is 0.394 e. The molecule has 3 saturated heterocycles. The molecule has 17 N–H and O–H groups in total. The molecule has 3 rings (SSSR count). The molecule has 17 atom stereocenters. The lowest BCUT2D eigenvalue weighted by molar-refractivity contribution is -0.270. The number of ether oxygens (including phenoxy) is 6. The van der Waals surface area contributed by atoms with Crippen molar-refractivity contribution in [3.8, 4) is 0 Å². The monoisotopic (exact) mass is 1380 g/mol. The Kier molecular flexibility index (Phi) is 39.9. The van der Waals surface area contributed by atoms with Gasteiger partial charge in [0.1, 0.15) is 73.1 Å². The first kappa shape index (κ1) is 83.5. The minimum atomic E-state index is -3.84. The maximum absolute atomic E-state index is 14.0. The number of amides is 8. The highest BCUT2D eigenvalue weighted by Crippen LogP contribution is 2.36. The van der Waals surface area contributed by atoms with E-state index in [0.29, 0.717) is 64.2 Å². The van der Waals surface area contributed by atoms with Crippen molar-refractivity contribution in [1.29, 1.82) is 0 Å². The van der Waals surface area contributed by atoms with Crippen molar-refractivity contribution in [1.82, 2.24) is 41.7 Å². The summed E-state index contributed by atoms with van der Waals surface area (Å²) in [7, 11) is -3.84. The predicted molar refractivity (Wildman–Crippen MR) is 328 cm³/mol. The van der Waals surface area contributed by atoms with Crippen LogP contribution in [-0.2, 0) is 75.9 Å². The van der Waals surface area contributed by atoms with Gasteiger partial charge >= 0.3 is 7.60 Å². The molecule has 0 aliphatic carbocycles. The maximum Gasteiger partial charge on any atom is 0.325 e. The smallest absolute Gasteiger partial charge is 0.325 e. The molecule has 35 nitrogen and oxygen atoms in total. The van der Waals surface area contributed by atoms with Gasteiger partial charge in [-0.05, 0) is 70.6 Å². The van der Waals surface area contributed by atoms with Crippen molar-refractivity contribution >= 4 is 54.9 Å². The Bertz CT molecular complexity index is 2340. The molecule has 544 valence electrons. The summed E-state index contributed by atoms with van der Waals surface area (Å²) in [6.45, 7) is 3.17. The van der Waals surface area contributed by atoms with E-state index in [1.807, 2.05) is 0 Å². The standard InChI is InChI=1S/C58H105N8O27P/c1-35(70)62-47-53(82)50(79)39(31-67)91-56(47)87-27-10-7-17-42(74)59-21-13-23-65(45(77)19-6-5-16-44(76)61-30-38(73)34-90-94(4,85)86)25-15-26-66(46(78)20-9-12-29-89-58-49(64-37(3)72)55(84)52(81)41(33-69)93-58)24-14-22-60-43(75)18-8-11-28-88-57-48(63-36(2)71)54(83)51(80)40(32-68)92-57/h38-41,47-58,67-69,73,79-84H,5-34H2,1-4H3,(H,59,74)(H,60,75)(H,61,76)(H,62,70)(H,63,71)(H,64,72)(H,85,86)/t38?,39?,40?,41?,47?,48?,49?,50-,51-,52-,53+,54+,55+,56+,57+,58+/m0/s1. The molecule has 3 aliphatic rings. The highest BCUT2D eigenvalue weighted by molar-refractivity contribution is 7.51. The summed E-state index contributed by atoms with van der Waals surface area (Å²) in [5.74, 6) is -3.10. The molecule has 0 spiro atoms. The van der Waals surface area contributed by atoms with Crippen LogP contribution in [0.1, 0.15) is 124 Å². The summed E-state index contributed by atoms with van der Waals surface area (Å²) in [5.41, 5.74) is 0. The van der Waals surface area contributed by atoms with E-state index in [2.05, 4.69) is 31.9 Å². The zero-order chi connectivity index (χ0) is 69.9. The van der Waals surface area contributed by atoms with Crippen molar-refractivity contribution in [3.05, 3.63) is 0 Å². The van der Waals surface area contributed by atoms with E-state index < -0.39 is 156 Å². The molecule has 36 heteroatoms. The van der Waals surface area contributed by atoms with E-state index >= 15 is 0 Å². The van der Waals surface area contributed by atoms with E-state index in [9.17, 15) is 98.9 Å². The number of carbonyl (C=O) groups excluding carboxylic acids is 8. The van der Waals surface area contributed by atoms with Crippen molar-refractivity contribution in [3.63, 3.8) is 0 Å². The summed E-state index contributed by atoms with van der Waals surface area (Å²) in [5, 5.41) is 117. The predicted octanol–water partition coefficient (Wildman–Crippen LogP) is -5.69. The fraction of sp³-hybridized carbons (Fsp3) is 0.862. The summed E-state index contributed by atoms with van der Waals surface area (Å²) < 4.78 is 50.2. The number of aliphatic hydroxyl groups is 10. The Morgan fingerprint density at radius 1 is 0.457 bits per heavy atom. The Morgan fingerprint density at radius 3 is 1.10 bits per heavy atom. The third kappa shape index (κ3) is 31.6. The normalized spacial score (nSPS) is 27.0. The molecular weight excluding hydrogens is 1270 g/mol. The van der Waals surface area contributed by atoms with Crippen molar-refractivity contribution in [2.24, 2.45) is 0 Å². The quantitative estimate of drug-likeness (QED) is 0.0199. The topological polar surface area (TPSA) is 519 Å². The van der Waals surface area contributed by atoms with Gasteiger partial charge in [-0.15, -0.1) is 0 Å². The molecule has 0 saturated carbocycles. The Labute approximate surface area is 547 Å². The summed E-state index contributed by atoms with van der Waals surface area (Å²) in [6.07, 6.45) is -13.5. The van der Waals surface area contributed by atoms with Gasteiger partial charge in [0.2, 0.25) is 47.3 Å². The molecule has 0 bridgehead atoms. The molecule has 3 fully saturated rings. The molecule has 8 unspecified atom stereocenters. The molecule has 0 aromatic rings. The van der Waals surface area contributed by atoms with E-state index in [-0.39, 0.29) is 128 Å². The molecule has 3 heterocycles. The average Bonchev–Trinajstić information content (AvgIpc) is 0.839. The van der Waals surface area contributed by atoms with Gasteiger partial charge in [0, 0.05) is 125 Å². The first-order valence-corrected chi connectivity index (χ1v) is 34.1. The number of nitrogens with one attached hydrogen (secondary N) is 6. The zero-order valence-electron chi connectivity index (χ0n) is 54.2. The number of rotatable bonds is 46. The third-order valence-corrected chi connectivity index (χ3v) is 16.1. The van der Waals surface area contributed by atoms with E-state index in [1.54, 1.807) is 9.80 Å². The number of aliphatic hydroxyl groups excluding tert-OH is 10. The number of hydrogen-bond acceptors (Lipinski definition) is 26. The van der Waals surface area contributed by atoms with Crippen LogP contribution >= 0.6 is 7.60 Å². The van der Waals surface area contributed by atoms with Crippen LogP contribution in [0.5, 0.6) is 0 Å². The van der Waals surface area contributed by atoms with E-state index in [4.69, 9.17) is 32.9 Å². The number of carbonyl (C=O) groups is 8. The van der Waals surface area contributed by atoms with Crippen molar-refractivity contribution in [2.45, 2.75) is 222 Å². The van der Waals surface area contributed by atoms with Gasteiger partial charge in [-0.2, -0.15) is 0 Å². The van der Waals surface area contributed by atoms with Crippen LogP contribution in [0.3, 0.4) is 0 Å². The first-order chi connectivity index (χ1) is 44.6. The molecule has 0 radical (unpaired) electrons. The molecule has 3 aliphatic heterocycles. The lowest BCUT2D eigenvalue weighted by atomic mass is 9.97. The molecule has 0 aromatic carbocycles. The molecule has 8 amide bonds. The van der Waals surface area contributed by atoms with Crippen molar-refractivity contribution < 1.29 is 132 Å². The van der Waals surface area contributed by atoms with Crippen LogP contribution in [0.25, 0.3) is 0 Å². The summed E-state index contributed by atoms with van der Waals surface area (Å²) >= 11 is 0. The fourth-order valence-corrected chi connectivity index (χ4v) is 10.9. The molecular formula is C58H105N8O27P. The second-order valence-electron chi connectivity index (χ2n) is 23.6. The Hall–Kier alpha value is -4.73. The van der Waals surface area contributed by atoms with E-state index in [0.717, 1.165) is 6.66 Å². The average molecular weight is 1380 g/mol. The van der Waals surface area contributed by atoms with Crippen LogP contribution in [-0.4, -0.2) is 310 Å². The van der Waals surface area contributed by atoms with Crippen LogP contribution in [0.4, 0.5) is 0 Å². The second kappa shape index (κ2) is 45.0. The zero-order valence-corrected chi connectivity index (χ0v) is 55.1. The Morgan fingerprint density at radius 2 is 0.766 bits per heavy atom. The van der Waals surface area contributed by atoms with Gasteiger partial charge in [-0.1, -0.05) is 0 Å². The maximum atomic E-state index is 14.0. The van der Waals surface area contributed by atoms with Gasteiger partial charge in [0.05, 0.1) is 32.5 Å². The van der Waals surface area contributed by atoms with Crippen LogP contribution in [0, 0.1) is 0 Å². The lowest BCUT2D eigenvalue weighted by Gasteiger charge is -2.42. The Balaban J connectivity index is 1.63. The summed E-state index contributed by atoms with van der Waals surface area (Å²) in [4.78, 5) is 114. The van der Waals surface area contributed by atoms with Crippen LogP contribution < -0.4 is 31.9 Å². The number of hydrogen-bond donors (Lipinski definition) is 17. The highest BCUT2D eigenvalue weighted by atomic mass is 31.2. The SMILES string of the molecule is CC(=O)NC1[C@H](OCCCCC(=O)NCCCN(CCCN(CCCNC(=O)CCCCO[C@@H]2OC(CO)[C@H](O)[C@H](O)C2NC(C)=O)C(=O)CCCCC(=O)NCC(O)COP(C)(=O)O)C(=O)CCCCO[C@@H]2OC(CO)[C@H](O)[C@H](O)C2NC(C)=O)OC(CO)[C@H](O)[C@@H]1O. The van der Waals surface area contributed by atoms with Gasteiger partial charge < -0.3 is 131 Å². The summed E-state index contributed by atoms with van der Waals surface area (Å²) in [6, 6.07) is -3.41. The minimum absolute atomic E-state index is 0.00189. The van der Waals surface area contributed by atoms with Gasteiger partial charge in [-0.3, -0.25) is 42.9 Å². The van der Waals surface area contributed by atoms with Crippen LogP contribution in [0.15, 0.2) is 0 Å². The number of nitrogens with zero attached hydrogens (tertiary/aromatic N) is 2.